The quantitative estimate of drug-likeness (QED) is 0.413. The van der Waals surface area contributed by atoms with E-state index in [1.807, 2.05) is 11.9 Å². The van der Waals surface area contributed by atoms with Gasteiger partial charge in [0.1, 0.15) is 12.4 Å². The van der Waals surface area contributed by atoms with Crippen LogP contribution in [-0.4, -0.2) is 108 Å². The summed E-state index contributed by atoms with van der Waals surface area (Å²) in [6, 6.07) is 5.68. The number of piperidine rings is 1. The number of carboxylic acids is 1. The average Bonchev–Trinajstić information content (AvgIpc) is 3.32. The molecule has 44 heavy (non-hydrogen) atoms. The molecule has 3 N–H and O–H groups in total. The van der Waals surface area contributed by atoms with E-state index >= 15 is 4.39 Å². The molecule has 0 bridgehead atoms. The first-order valence-corrected chi connectivity index (χ1v) is 15.7. The Balaban J connectivity index is 1.17. The number of amides is 3. The Morgan fingerprint density at radius 1 is 0.909 bits per heavy atom. The number of nitrogens with zero attached hydrogens (tertiary/aromatic N) is 6. The van der Waals surface area contributed by atoms with Gasteiger partial charge in [-0.25, -0.2) is 19.6 Å². The van der Waals surface area contributed by atoms with Crippen LogP contribution >= 0.6 is 0 Å². The number of carboxylic acid groups (broad SMARTS) is 1. The molecule has 1 aromatic carbocycles. The Morgan fingerprint density at radius 3 is 2.20 bits per heavy atom. The van der Waals surface area contributed by atoms with Gasteiger partial charge in [0.05, 0.1) is 5.92 Å². The van der Waals surface area contributed by atoms with Crippen LogP contribution in [0.15, 0.2) is 30.6 Å². The van der Waals surface area contributed by atoms with Crippen molar-refractivity contribution in [2.45, 2.75) is 51.0 Å². The Morgan fingerprint density at radius 2 is 1.55 bits per heavy atom. The van der Waals surface area contributed by atoms with Gasteiger partial charge < -0.3 is 35.3 Å². The fraction of sp³-hybridized carbons (Fsp3) is 0.581. The van der Waals surface area contributed by atoms with Crippen molar-refractivity contribution in [1.82, 2.24) is 25.1 Å². The third-order valence-electron chi connectivity index (χ3n) is 8.80. The Hall–Kier alpha value is -4.00. The number of aliphatic carboxylic acids is 1. The standard InChI is InChI=1S/C31H43FN8O4/c1-37-15-17-39(18-16-37)31(44)35-24-10-8-22(9-11-24)19-25(30(42)43)36-29(41)23-7-6-14-40(20-23)28-26(32)27(33-21-34-28)38-12-4-2-3-5-13-38/h8-11,21,23,25H,2-7,12-20H2,1H3,(H,35,44)(H,36,41)(H,42,43)/t23?,25-/m0/s1. The molecule has 1 unspecified atom stereocenters. The van der Waals surface area contributed by atoms with Crippen molar-refractivity contribution in [2.75, 3.05) is 74.5 Å². The summed E-state index contributed by atoms with van der Waals surface area (Å²) in [5.41, 5.74) is 1.33. The molecule has 0 saturated carbocycles. The molecule has 1 aromatic heterocycles. The van der Waals surface area contributed by atoms with Crippen LogP contribution in [-0.2, 0) is 16.0 Å². The Labute approximate surface area is 257 Å². The maximum Gasteiger partial charge on any atom is 0.326 e. The van der Waals surface area contributed by atoms with Gasteiger partial charge in [-0.05, 0) is 50.4 Å². The summed E-state index contributed by atoms with van der Waals surface area (Å²) in [6.07, 6.45) is 6.92. The van der Waals surface area contributed by atoms with Crippen molar-refractivity contribution in [3.8, 4) is 0 Å². The number of benzene rings is 1. The molecule has 3 saturated heterocycles. The summed E-state index contributed by atoms with van der Waals surface area (Å²) in [7, 11) is 2.03. The lowest BCUT2D eigenvalue weighted by Crippen LogP contribution is -2.49. The number of halogens is 1. The van der Waals surface area contributed by atoms with Crippen LogP contribution in [0.4, 0.5) is 26.5 Å². The van der Waals surface area contributed by atoms with Gasteiger partial charge in [0, 0.05) is 64.5 Å². The molecule has 2 atom stereocenters. The molecule has 0 spiro atoms. The summed E-state index contributed by atoms with van der Waals surface area (Å²) in [6.45, 7) is 5.27. The molecule has 3 aliphatic rings. The number of hydrogen-bond donors (Lipinski definition) is 3. The normalized spacial score (nSPS) is 20.5. The second-order valence-electron chi connectivity index (χ2n) is 12.0. The second kappa shape index (κ2) is 14.7. The molecule has 3 amide bonds. The first kappa shape index (κ1) is 31.4. The van der Waals surface area contributed by atoms with E-state index < -0.39 is 23.7 Å². The topological polar surface area (TPSA) is 134 Å². The molecule has 3 fully saturated rings. The highest BCUT2D eigenvalue weighted by Gasteiger charge is 2.32. The molecule has 0 aliphatic carbocycles. The van der Waals surface area contributed by atoms with Gasteiger partial charge >= 0.3 is 12.0 Å². The molecule has 4 heterocycles. The van der Waals surface area contributed by atoms with Gasteiger partial charge in [0.25, 0.3) is 0 Å². The fourth-order valence-corrected chi connectivity index (χ4v) is 6.12. The number of piperazine rings is 1. The van der Waals surface area contributed by atoms with Gasteiger partial charge in [0.2, 0.25) is 11.7 Å². The molecule has 12 nitrogen and oxygen atoms in total. The maximum absolute atomic E-state index is 15.7. The van der Waals surface area contributed by atoms with E-state index in [2.05, 4.69) is 25.5 Å². The van der Waals surface area contributed by atoms with E-state index in [0.717, 1.165) is 51.9 Å². The number of carbonyl (C=O) groups is 3. The Kier molecular flexibility index (Phi) is 10.5. The molecule has 238 valence electrons. The zero-order valence-electron chi connectivity index (χ0n) is 25.4. The number of rotatable bonds is 8. The van der Waals surface area contributed by atoms with E-state index in [1.54, 1.807) is 34.1 Å². The molecule has 13 heteroatoms. The maximum atomic E-state index is 15.7. The highest BCUT2D eigenvalue weighted by molar-refractivity contribution is 5.89. The van der Waals surface area contributed by atoms with Crippen LogP contribution < -0.4 is 20.4 Å². The van der Waals surface area contributed by atoms with E-state index in [4.69, 9.17) is 0 Å². The summed E-state index contributed by atoms with van der Waals surface area (Å²) < 4.78 is 15.7. The van der Waals surface area contributed by atoms with Crippen molar-refractivity contribution in [3.05, 3.63) is 42.0 Å². The third kappa shape index (κ3) is 7.93. The van der Waals surface area contributed by atoms with Crippen LogP contribution in [0.1, 0.15) is 44.1 Å². The minimum atomic E-state index is -1.14. The van der Waals surface area contributed by atoms with Crippen LogP contribution in [0, 0.1) is 11.7 Å². The van der Waals surface area contributed by atoms with Crippen molar-refractivity contribution in [1.29, 1.82) is 0 Å². The van der Waals surface area contributed by atoms with E-state index in [1.165, 1.54) is 6.33 Å². The first-order valence-electron chi connectivity index (χ1n) is 15.7. The SMILES string of the molecule is CN1CCN(C(=O)Nc2ccc(C[C@H](NC(=O)C3CCCN(c4ncnc(N5CCCCCC5)c4F)C3)C(=O)O)cc2)CC1. The van der Waals surface area contributed by atoms with Gasteiger partial charge in [-0.3, -0.25) is 4.79 Å². The predicted octanol–water partition coefficient (Wildman–Crippen LogP) is 2.80. The van der Waals surface area contributed by atoms with Gasteiger partial charge in [-0.15, -0.1) is 0 Å². The van der Waals surface area contributed by atoms with E-state index in [-0.39, 0.29) is 30.7 Å². The van der Waals surface area contributed by atoms with Gasteiger partial charge in [0.15, 0.2) is 11.6 Å². The predicted molar refractivity (Wildman–Crippen MR) is 165 cm³/mol. The summed E-state index contributed by atoms with van der Waals surface area (Å²) >= 11 is 0. The fourth-order valence-electron chi connectivity index (χ4n) is 6.12. The Bertz CT molecular complexity index is 1300. The zero-order valence-corrected chi connectivity index (χ0v) is 25.4. The van der Waals surface area contributed by atoms with Crippen molar-refractivity contribution >= 4 is 35.2 Å². The van der Waals surface area contributed by atoms with E-state index in [9.17, 15) is 19.5 Å². The monoisotopic (exact) mass is 610 g/mol. The lowest BCUT2D eigenvalue weighted by atomic mass is 9.96. The van der Waals surface area contributed by atoms with Crippen LogP contribution in [0.5, 0.6) is 0 Å². The molecule has 3 aliphatic heterocycles. The summed E-state index contributed by atoms with van der Waals surface area (Å²) in [5.74, 6) is -2.00. The number of nitrogens with one attached hydrogen (secondary N) is 2. The lowest BCUT2D eigenvalue weighted by Gasteiger charge is -2.34. The zero-order chi connectivity index (χ0) is 31.1. The number of aromatic nitrogens is 2. The minimum Gasteiger partial charge on any atom is -0.480 e. The summed E-state index contributed by atoms with van der Waals surface area (Å²) in [4.78, 5) is 54.1. The number of likely N-dealkylation sites (N-methyl/N-ethyl adjacent to an activating group) is 1. The first-order chi connectivity index (χ1) is 21.3. The van der Waals surface area contributed by atoms with Crippen molar-refractivity contribution in [3.63, 3.8) is 0 Å². The highest BCUT2D eigenvalue weighted by Crippen LogP contribution is 2.29. The number of urea groups is 1. The summed E-state index contributed by atoms with van der Waals surface area (Å²) in [5, 5.41) is 15.5. The molecule has 0 radical (unpaired) electrons. The van der Waals surface area contributed by atoms with Crippen LogP contribution in [0.25, 0.3) is 0 Å². The number of hydrogen-bond acceptors (Lipinski definition) is 8. The van der Waals surface area contributed by atoms with E-state index in [0.29, 0.717) is 49.5 Å². The molecular formula is C31H43FN8O4. The number of anilines is 3. The number of carbonyl (C=O) groups excluding carboxylic acids is 2. The van der Waals surface area contributed by atoms with Crippen molar-refractivity contribution < 1.29 is 23.9 Å². The second-order valence-corrected chi connectivity index (χ2v) is 12.0. The molecular weight excluding hydrogens is 567 g/mol. The third-order valence-corrected chi connectivity index (χ3v) is 8.80. The van der Waals surface area contributed by atoms with Gasteiger partial charge in [-0.1, -0.05) is 25.0 Å². The van der Waals surface area contributed by atoms with Crippen molar-refractivity contribution in [2.24, 2.45) is 5.92 Å². The molecule has 5 rings (SSSR count). The minimum absolute atomic E-state index is 0.0872. The van der Waals surface area contributed by atoms with Crippen LogP contribution in [0.3, 0.4) is 0 Å². The average molecular weight is 611 g/mol. The van der Waals surface area contributed by atoms with Gasteiger partial charge in [-0.2, -0.15) is 4.39 Å². The van der Waals surface area contributed by atoms with Crippen LogP contribution in [0.2, 0.25) is 0 Å². The smallest absolute Gasteiger partial charge is 0.326 e. The largest absolute Gasteiger partial charge is 0.480 e. The molecule has 2 aromatic rings. The highest BCUT2D eigenvalue weighted by atomic mass is 19.1. The lowest BCUT2D eigenvalue weighted by molar-refractivity contribution is -0.142.